The second-order valence-corrected chi connectivity index (χ2v) is 13.3. The molecule has 47 heavy (non-hydrogen) atoms. The zero-order valence-electron chi connectivity index (χ0n) is 29.7. The van der Waals surface area contributed by atoms with Crippen LogP contribution in [0.3, 0.4) is 0 Å². The first-order valence-corrected chi connectivity index (χ1v) is 17.5. The fourth-order valence-electron chi connectivity index (χ4n) is 6.47. The molecule has 0 radical (unpaired) electrons. The standard InChI is InChI=1S/C35H59N5O6S/c1-9-23(3)30(38-28(41)22-36-5)35(44)39(6)31(24(4)10-2)27(45-7)21-29(42)40-20-14-17-26(40)32(46-8)33(47)34(43)37-19-18-25-15-12-11-13-16-25/h11-13,15-16,23-24,26-27,30-33,36,47H,9-10,14,17-22H2,1-8H3,(H,37,43)(H,38,41)/t23-,24?,26?,27?,30-,31?,32?,33?/m0/s1. The van der Waals surface area contributed by atoms with Gasteiger partial charge in [-0.1, -0.05) is 70.9 Å². The summed E-state index contributed by atoms with van der Waals surface area (Å²) in [4.78, 5) is 57.0. The summed E-state index contributed by atoms with van der Waals surface area (Å²) in [5.41, 5.74) is 1.13. The summed E-state index contributed by atoms with van der Waals surface area (Å²) in [5.74, 6) is -0.903. The zero-order chi connectivity index (χ0) is 35.1. The second-order valence-electron chi connectivity index (χ2n) is 12.7. The van der Waals surface area contributed by atoms with Crippen LogP contribution in [0.5, 0.6) is 0 Å². The lowest BCUT2D eigenvalue weighted by atomic mass is 9.89. The Morgan fingerprint density at radius 3 is 2.28 bits per heavy atom. The number of ether oxygens (including phenoxy) is 2. The first-order chi connectivity index (χ1) is 22.4. The molecule has 1 aromatic carbocycles. The average Bonchev–Trinajstić information content (AvgIpc) is 3.56. The number of rotatable bonds is 20. The van der Waals surface area contributed by atoms with Crippen LogP contribution in [0.2, 0.25) is 0 Å². The van der Waals surface area contributed by atoms with Crippen molar-refractivity contribution >= 4 is 36.3 Å². The molecule has 1 heterocycles. The van der Waals surface area contributed by atoms with Gasteiger partial charge in [-0.2, -0.15) is 12.6 Å². The maximum atomic E-state index is 14.0. The molecule has 1 aliphatic heterocycles. The lowest BCUT2D eigenvalue weighted by molar-refractivity contribution is -0.146. The van der Waals surface area contributed by atoms with Gasteiger partial charge in [0.1, 0.15) is 11.3 Å². The van der Waals surface area contributed by atoms with E-state index in [9.17, 15) is 19.2 Å². The number of likely N-dealkylation sites (tertiary alicyclic amines) is 1. The number of likely N-dealkylation sites (N-methyl/N-ethyl adjacent to an activating group) is 2. The molecule has 1 aromatic rings. The number of methoxy groups -OCH3 is 2. The first-order valence-electron chi connectivity index (χ1n) is 17.0. The maximum absolute atomic E-state index is 14.0. The highest BCUT2D eigenvalue weighted by Crippen LogP contribution is 2.29. The summed E-state index contributed by atoms with van der Waals surface area (Å²) >= 11 is 4.66. The molecule has 0 bridgehead atoms. The predicted octanol–water partition coefficient (Wildman–Crippen LogP) is 2.68. The van der Waals surface area contributed by atoms with Crippen LogP contribution in [0.15, 0.2) is 30.3 Å². The van der Waals surface area contributed by atoms with Crippen molar-refractivity contribution in [1.82, 2.24) is 25.8 Å². The summed E-state index contributed by atoms with van der Waals surface area (Å²) in [5, 5.41) is 7.94. The van der Waals surface area contributed by atoms with E-state index in [4.69, 9.17) is 9.47 Å². The van der Waals surface area contributed by atoms with Gasteiger partial charge in [0.2, 0.25) is 23.6 Å². The van der Waals surface area contributed by atoms with Gasteiger partial charge >= 0.3 is 0 Å². The number of hydrogen-bond acceptors (Lipinski definition) is 8. The van der Waals surface area contributed by atoms with Gasteiger partial charge in [0.25, 0.3) is 0 Å². The molecule has 0 saturated carbocycles. The maximum Gasteiger partial charge on any atom is 0.245 e. The Morgan fingerprint density at radius 2 is 1.70 bits per heavy atom. The van der Waals surface area contributed by atoms with Crippen LogP contribution in [0, 0.1) is 11.8 Å². The van der Waals surface area contributed by atoms with Gasteiger partial charge < -0.3 is 35.2 Å². The van der Waals surface area contributed by atoms with Crippen LogP contribution in [0.25, 0.3) is 0 Å². The normalized spacial score (nSPS) is 19.2. The van der Waals surface area contributed by atoms with Crippen molar-refractivity contribution in [3.05, 3.63) is 35.9 Å². The Hall–Kier alpha value is -2.67. The van der Waals surface area contributed by atoms with Crippen LogP contribution in [0.1, 0.15) is 65.4 Å². The third-order valence-electron chi connectivity index (χ3n) is 9.62. The summed E-state index contributed by atoms with van der Waals surface area (Å²) in [6, 6.07) is 8.48. The van der Waals surface area contributed by atoms with Gasteiger partial charge in [0.15, 0.2) is 0 Å². The third kappa shape index (κ3) is 11.5. The lowest BCUT2D eigenvalue weighted by Gasteiger charge is -2.41. The van der Waals surface area contributed by atoms with Crippen molar-refractivity contribution in [3.63, 3.8) is 0 Å². The molecule has 4 amide bonds. The minimum Gasteiger partial charge on any atom is -0.379 e. The molecule has 1 fully saturated rings. The first kappa shape index (κ1) is 40.5. The van der Waals surface area contributed by atoms with Crippen molar-refractivity contribution in [2.24, 2.45) is 11.8 Å². The van der Waals surface area contributed by atoms with Crippen molar-refractivity contribution in [1.29, 1.82) is 0 Å². The largest absolute Gasteiger partial charge is 0.379 e. The van der Waals surface area contributed by atoms with E-state index in [0.717, 1.165) is 18.4 Å². The molecule has 2 rings (SSSR count). The van der Waals surface area contributed by atoms with Crippen LogP contribution in [-0.2, 0) is 35.1 Å². The van der Waals surface area contributed by atoms with Crippen molar-refractivity contribution < 1.29 is 28.7 Å². The average molecular weight is 678 g/mol. The van der Waals surface area contributed by atoms with Crippen LogP contribution in [0.4, 0.5) is 0 Å². The van der Waals surface area contributed by atoms with E-state index in [1.54, 1.807) is 38.1 Å². The number of carbonyl (C=O) groups excluding carboxylic acids is 4. The zero-order valence-corrected chi connectivity index (χ0v) is 30.6. The molecule has 3 N–H and O–H groups in total. The molecular weight excluding hydrogens is 618 g/mol. The predicted molar refractivity (Wildman–Crippen MR) is 188 cm³/mol. The van der Waals surface area contributed by atoms with Gasteiger partial charge in [-0.25, -0.2) is 0 Å². The third-order valence-corrected chi connectivity index (χ3v) is 10.1. The minimum atomic E-state index is -0.764. The smallest absolute Gasteiger partial charge is 0.245 e. The van der Waals surface area contributed by atoms with Crippen molar-refractivity contribution in [3.8, 4) is 0 Å². The highest BCUT2D eigenvalue weighted by Gasteiger charge is 2.43. The number of nitrogens with zero attached hydrogens (tertiary/aromatic N) is 2. The number of benzene rings is 1. The molecule has 8 atom stereocenters. The summed E-state index contributed by atoms with van der Waals surface area (Å²) in [6.07, 6.45) is 2.49. The highest BCUT2D eigenvalue weighted by molar-refractivity contribution is 7.81. The Bertz CT molecular complexity index is 1130. The lowest BCUT2D eigenvalue weighted by Crippen LogP contribution is -2.58. The van der Waals surface area contributed by atoms with E-state index >= 15 is 0 Å². The molecule has 12 heteroatoms. The van der Waals surface area contributed by atoms with E-state index in [2.05, 4.69) is 28.6 Å². The number of hydrogen-bond donors (Lipinski definition) is 4. The van der Waals surface area contributed by atoms with E-state index in [1.165, 1.54) is 0 Å². The van der Waals surface area contributed by atoms with E-state index in [-0.39, 0.29) is 54.5 Å². The van der Waals surface area contributed by atoms with Gasteiger partial charge in [-0.3, -0.25) is 19.2 Å². The molecular formula is C35H59N5O6S. The summed E-state index contributed by atoms with van der Waals surface area (Å²) < 4.78 is 11.8. The highest BCUT2D eigenvalue weighted by atomic mass is 32.1. The molecule has 1 saturated heterocycles. The molecule has 0 aliphatic carbocycles. The Morgan fingerprint density at radius 1 is 1.04 bits per heavy atom. The van der Waals surface area contributed by atoms with Crippen molar-refractivity contribution in [2.45, 2.75) is 102 Å². The molecule has 11 nitrogen and oxygen atoms in total. The van der Waals surface area contributed by atoms with Gasteiger partial charge in [0.05, 0.1) is 37.3 Å². The molecule has 266 valence electrons. The van der Waals surface area contributed by atoms with E-state index < -0.39 is 29.5 Å². The number of thiol groups is 1. The molecule has 0 aromatic heterocycles. The number of nitrogens with one attached hydrogen (secondary N) is 3. The Labute approximate surface area is 287 Å². The second kappa shape index (κ2) is 20.6. The van der Waals surface area contributed by atoms with Gasteiger partial charge in [-0.15, -0.1) is 0 Å². The van der Waals surface area contributed by atoms with Gasteiger partial charge in [-0.05, 0) is 43.7 Å². The number of carbonyl (C=O) groups is 4. The van der Waals surface area contributed by atoms with E-state index in [0.29, 0.717) is 32.4 Å². The summed E-state index contributed by atoms with van der Waals surface area (Å²) in [6.45, 7) is 9.14. The summed E-state index contributed by atoms with van der Waals surface area (Å²) in [7, 11) is 6.53. The molecule has 1 aliphatic rings. The van der Waals surface area contributed by atoms with Gasteiger partial charge in [0, 0.05) is 34.4 Å². The Kier molecular flexibility index (Phi) is 17.8. The topological polar surface area (TPSA) is 129 Å². The fourth-order valence-corrected chi connectivity index (χ4v) is 6.89. The van der Waals surface area contributed by atoms with Crippen molar-refractivity contribution in [2.75, 3.05) is 47.9 Å². The van der Waals surface area contributed by atoms with Crippen LogP contribution >= 0.6 is 12.6 Å². The monoisotopic (exact) mass is 677 g/mol. The fraction of sp³-hybridized carbons (Fsp3) is 0.714. The van der Waals surface area contributed by atoms with E-state index in [1.807, 2.05) is 58.0 Å². The number of amides is 4. The van der Waals surface area contributed by atoms with Crippen LogP contribution < -0.4 is 16.0 Å². The Balaban J connectivity index is 2.19. The molecule has 6 unspecified atom stereocenters. The SMILES string of the molecule is CCC(C)C(C(CC(=O)N1CCCC1C(OC)C(S)C(=O)NCCc1ccccc1)OC)N(C)C(=O)[C@@H](NC(=O)CNC)[C@@H](C)CC. The minimum absolute atomic E-state index is 0.00907. The quantitative estimate of drug-likeness (QED) is 0.156. The molecule has 0 spiro atoms. The van der Waals surface area contributed by atoms with Crippen LogP contribution in [-0.4, -0.2) is 117 Å².